The van der Waals surface area contributed by atoms with Gasteiger partial charge in [0.15, 0.2) is 0 Å². The van der Waals surface area contributed by atoms with Gasteiger partial charge < -0.3 is 16.2 Å². The molecule has 0 spiro atoms. The minimum Gasteiger partial charge on any atom is -0.465 e. The molecular formula is C10H22N2O2S2. The number of nitrogens with one attached hydrogen (secondary N) is 1. The van der Waals surface area contributed by atoms with Gasteiger partial charge in [0.1, 0.15) is 0 Å². The summed E-state index contributed by atoms with van der Waals surface area (Å²) < 4.78 is 0. The molecule has 0 rings (SSSR count). The predicted molar refractivity (Wildman–Crippen MR) is 75.9 cm³/mol. The molecule has 0 aliphatic carbocycles. The minimum absolute atomic E-state index is 0.0787. The Bertz CT molecular complexity index is 169. The van der Waals surface area contributed by atoms with Gasteiger partial charge in [0.2, 0.25) is 0 Å². The first kappa shape index (κ1) is 20.8. The van der Waals surface area contributed by atoms with Crippen molar-refractivity contribution in [2.45, 2.75) is 20.8 Å². The molecule has 0 aromatic heterocycles. The van der Waals surface area contributed by atoms with Crippen molar-refractivity contribution in [1.82, 2.24) is 5.32 Å². The standard InChI is InChI=1S/C4H5NO2.C4H10S2.C2H7N/c1-2-3-5-4(6)7;1-3-5-6-4-2;1-2-3/h1,5H,3H2,(H,6,7);3-4H2,1-2H3;2-3H2,1H3. The van der Waals surface area contributed by atoms with Gasteiger partial charge >= 0.3 is 6.09 Å². The lowest BCUT2D eigenvalue weighted by Crippen LogP contribution is -2.20. The van der Waals surface area contributed by atoms with Crippen molar-refractivity contribution in [2.24, 2.45) is 5.73 Å². The molecule has 4 N–H and O–H groups in total. The smallest absolute Gasteiger partial charge is 0.405 e. The molecule has 0 aromatic carbocycles. The van der Waals surface area contributed by atoms with Crippen LogP contribution in [0.3, 0.4) is 0 Å². The third kappa shape index (κ3) is 50.0. The molecule has 0 aliphatic rings. The van der Waals surface area contributed by atoms with Gasteiger partial charge in [0, 0.05) is 11.5 Å². The summed E-state index contributed by atoms with van der Waals surface area (Å²) in [4.78, 5) is 9.55. The molecule has 0 aromatic rings. The molecule has 6 heteroatoms. The normalized spacial score (nSPS) is 7.44. The van der Waals surface area contributed by atoms with E-state index in [0.29, 0.717) is 0 Å². The molecule has 16 heavy (non-hydrogen) atoms. The van der Waals surface area contributed by atoms with Gasteiger partial charge in [-0.15, -0.1) is 6.42 Å². The first-order chi connectivity index (χ1) is 7.60. The Labute approximate surface area is 107 Å². The lowest BCUT2D eigenvalue weighted by atomic mass is 10.7. The number of terminal acetylenes is 1. The Hall–Kier alpha value is -0.510. The maximum atomic E-state index is 9.55. The van der Waals surface area contributed by atoms with E-state index < -0.39 is 6.09 Å². The van der Waals surface area contributed by atoms with Crippen molar-refractivity contribution in [3.05, 3.63) is 0 Å². The predicted octanol–water partition coefficient (Wildman–Crippen LogP) is 2.26. The lowest BCUT2D eigenvalue weighted by Gasteiger charge is -1.87. The molecule has 0 unspecified atom stereocenters. The highest BCUT2D eigenvalue weighted by Crippen LogP contribution is 2.18. The van der Waals surface area contributed by atoms with E-state index in [0.717, 1.165) is 6.54 Å². The summed E-state index contributed by atoms with van der Waals surface area (Å²) in [6, 6.07) is 0. The molecule has 1 amide bonds. The third-order valence-electron chi connectivity index (χ3n) is 0.661. The van der Waals surface area contributed by atoms with Gasteiger partial charge in [-0.3, -0.25) is 0 Å². The van der Waals surface area contributed by atoms with E-state index in [4.69, 9.17) is 17.3 Å². The van der Waals surface area contributed by atoms with Gasteiger partial charge in [-0.2, -0.15) is 0 Å². The molecule has 0 saturated carbocycles. The molecule has 0 saturated heterocycles. The molecule has 0 radical (unpaired) electrons. The maximum absolute atomic E-state index is 9.55. The fraction of sp³-hybridized carbons (Fsp3) is 0.700. The third-order valence-corrected chi connectivity index (χ3v) is 3.21. The van der Waals surface area contributed by atoms with Crippen LogP contribution in [0.15, 0.2) is 0 Å². The zero-order chi connectivity index (χ0) is 13.2. The van der Waals surface area contributed by atoms with E-state index in [1.165, 1.54) is 11.5 Å². The molecule has 0 heterocycles. The summed E-state index contributed by atoms with van der Waals surface area (Å²) in [6.07, 6.45) is 3.62. The molecule has 0 fully saturated rings. The Balaban J connectivity index is -0.000000172. The SMILES string of the molecule is C#CCNC(=O)O.CCN.CCSSCC. The van der Waals surface area contributed by atoms with Gasteiger partial charge in [-0.1, -0.05) is 48.3 Å². The van der Waals surface area contributed by atoms with Crippen molar-refractivity contribution in [3.63, 3.8) is 0 Å². The molecule has 0 bridgehead atoms. The van der Waals surface area contributed by atoms with E-state index in [2.05, 4.69) is 19.8 Å². The second-order valence-corrected chi connectivity index (χ2v) is 5.12. The monoisotopic (exact) mass is 266 g/mol. The lowest BCUT2D eigenvalue weighted by molar-refractivity contribution is 0.196. The average Bonchev–Trinajstić information content (AvgIpc) is 2.25. The summed E-state index contributed by atoms with van der Waals surface area (Å²) in [6.45, 7) is 7.08. The van der Waals surface area contributed by atoms with Crippen LogP contribution in [-0.4, -0.2) is 35.8 Å². The Kier molecular flexibility index (Phi) is 31.2. The largest absolute Gasteiger partial charge is 0.465 e. The van der Waals surface area contributed by atoms with Crippen LogP contribution < -0.4 is 11.1 Å². The highest BCUT2D eigenvalue weighted by Gasteiger charge is 1.84. The van der Waals surface area contributed by atoms with Crippen LogP contribution in [0.2, 0.25) is 0 Å². The summed E-state index contributed by atoms with van der Waals surface area (Å²) in [5.41, 5.74) is 4.85. The van der Waals surface area contributed by atoms with Gasteiger partial charge in [-0.25, -0.2) is 4.79 Å². The van der Waals surface area contributed by atoms with E-state index in [1.807, 2.05) is 33.8 Å². The molecule has 0 aliphatic heterocycles. The van der Waals surface area contributed by atoms with Crippen LogP contribution in [0.5, 0.6) is 0 Å². The molecule has 0 atom stereocenters. The van der Waals surface area contributed by atoms with Crippen LogP contribution in [0, 0.1) is 12.3 Å². The molecule has 4 nitrogen and oxygen atoms in total. The number of hydrogen-bond donors (Lipinski definition) is 3. The van der Waals surface area contributed by atoms with Crippen molar-refractivity contribution >= 4 is 27.7 Å². The second kappa shape index (κ2) is 24.0. The maximum Gasteiger partial charge on any atom is 0.405 e. The quantitative estimate of drug-likeness (QED) is 0.413. The molecule has 96 valence electrons. The average molecular weight is 266 g/mol. The fourth-order valence-electron chi connectivity index (χ4n) is 0.293. The minimum atomic E-state index is -1.09. The summed E-state index contributed by atoms with van der Waals surface area (Å²) in [7, 11) is 3.85. The van der Waals surface area contributed by atoms with Crippen LogP contribution >= 0.6 is 21.6 Å². The first-order valence-electron chi connectivity index (χ1n) is 4.95. The van der Waals surface area contributed by atoms with E-state index >= 15 is 0 Å². The van der Waals surface area contributed by atoms with Crippen LogP contribution in [0.25, 0.3) is 0 Å². The topological polar surface area (TPSA) is 75.3 Å². The van der Waals surface area contributed by atoms with Crippen LogP contribution in [0.4, 0.5) is 4.79 Å². The zero-order valence-corrected chi connectivity index (χ0v) is 11.8. The number of amides is 1. The van der Waals surface area contributed by atoms with Crippen LogP contribution in [-0.2, 0) is 0 Å². The first-order valence-corrected chi connectivity index (χ1v) is 7.44. The fourth-order valence-corrected chi connectivity index (χ4v) is 1.63. The highest BCUT2D eigenvalue weighted by atomic mass is 33.1. The van der Waals surface area contributed by atoms with Crippen LogP contribution in [0.1, 0.15) is 20.8 Å². The number of carbonyl (C=O) groups is 1. The second-order valence-electron chi connectivity index (χ2n) is 2.08. The van der Waals surface area contributed by atoms with Gasteiger partial charge in [-0.05, 0) is 6.54 Å². The van der Waals surface area contributed by atoms with Gasteiger partial charge in [0.25, 0.3) is 0 Å². The molecular weight excluding hydrogens is 244 g/mol. The van der Waals surface area contributed by atoms with Gasteiger partial charge in [0.05, 0.1) is 6.54 Å². The van der Waals surface area contributed by atoms with E-state index in [-0.39, 0.29) is 6.54 Å². The number of rotatable bonds is 4. The number of carboxylic acid groups (broad SMARTS) is 1. The number of hydrogen-bond acceptors (Lipinski definition) is 4. The van der Waals surface area contributed by atoms with E-state index in [1.54, 1.807) is 0 Å². The zero-order valence-electron chi connectivity index (χ0n) is 10.2. The highest BCUT2D eigenvalue weighted by molar-refractivity contribution is 8.76. The van der Waals surface area contributed by atoms with Crippen molar-refractivity contribution in [2.75, 3.05) is 24.6 Å². The Morgan fingerprint density at radius 2 is 1.75 bits per heavy atom. The van der Waals surface area contributed by atoms with E-state index in [9.17, 15) is 4.79 Å². The number of nitrogens with two attached hydrogens (primary N) is 1. The van der Waals surface area contributed by atoms with Crippen molar-refractivity contribution in [3.8, 4) is 12.3 Å². The Morgan fingerprint density at radius 1 is 1.38 bits per heavy atom. The summed E-state index contributed by atoms with van der Waals surface area (Å²) in [5, 5.41) is 9.81. The Morgan fingerprint density at radius 3 is 1.88 bits per heavy atom. The summed E-state index contributed by atoms with van der Waals surface area (Å²) in [5.74, 6) is 4.58. The van der Waals surface area contributed by atoms with Crippen molar-refractivity contribution in [1.29, 1.82) is 0 Å². The summed E-state index contributed by atoms with van der Waals surface area (Å²) >= 11 is 0. The van der Waals surface area contributed by atoms with Crippen molar-refractivity contribution < 1.29 is 9.90 Å².